The van der Waals surface area contributed by atoms with Crippen molar-refractivity contribution in [2.24, 2.45) is 0 Å². The van der Waals surface area contributed by atoms with Crippen LogP contribution in [-0.2, 0) is 6.54 Å². The lowest BCUT2D eigenvalue weighted by molar-refractivity contribution is 0.173. The summed E-state index contributed by atoms with van der Waals surface area (Å²) in [4.78, 5) is 11.6. The lowest BCUT2D eigenvalue weighted by Crippen LogP contribution is -2.25. The molecule has 0 bridgehead atoms. The summed E-state index contributed by atoms with van der Waals surface area (Å²) in [5.41, 5.74) is 0.822. The number of hydrogen-bond acceptors (Lipinski definition) is 6. The molecule has 0 saturated carbocycles. The Kier molecular flexibility index (Phi) is 5.84. The summed E-state index contributed by atoms with van der Waals surface area (Å²) in [6.07, 6.45) is 2.48. The number of ether oxygens (including phenoxy) is 2. The number of methoxy groups -OCH3 is 2. The largest absolute Gasteiger partial charge is 0.493 e. The van der Waals surface area contributed by atoms with Crippen molar-refractivity contribution >= 4 is 23.8 Å². The first-order valence-electron chi connectivity index (χ1n) is 6.79. The zero-order chi connectivity index (χ0) is 16.8. The number of alkyl halides is 1. The first-order valence-corrected chi connectivity index (χ1v) is 7.33. The van der Waals surface area contributed by atoms with Gasteiger partial charge >= 0.3 is 5.76 Å². The van der Waals surface area contributed by atoms with Crippen LogP contribution in [0.2, 0.25) is 0 Å². The Morgan fingerprint density at radius 1 is 1.35 bits per heavy atom. The van der Waals surface area contributed by atoms with Crippen molar-refractivity contribution in [1.82, 2.24) is 9.72 Å². The Bertz CT molecular complexity index is 738. The van der Waals surface area contributed by atoms with Gasteiger partial charge in [0, 0.05) is 0 Å². The third-order valence-corrected chi connectivity index (χ3v) is 3.47. The zero-order valence-corrected chi connectivity index (χ0v) is 13.5. The van der Waals surface area contributed by atoms with Gasteiger partial charge in [0.25, 0.3) is 0 Å². The molecule has 7 nitrogen and oxygen atoms in total. The molecule has 8 heteroatoms. The second-order valence-electron chi connectivity index (χ2n) is 4.67. The Morgan fingerprint density at radius 2 is 2.09 bits per heavy atom. The summed E-state index contributed by atoms with van der Waals surface area (Å²) in [6.45, 7) is 0.0113. The van der Waals surface area contributed by atoms with E-state index < -0.39 is 11.9 Å². The molecule has 0 saturated heterocycles. The topological polar surface area (TPSA) is 86.7 Å². The van der Waals surface area contributed by atoms with E-state index in [0.717, 1.165) is 5.56 Å². The van der Waals surface area contributed by atoms with Crippen molar-refractivity contribution in [3.8, 4) is 11.5 Å². The van der Waals surface area contributed by atoms with Crippen LogP contribution in [0.1, 0.15) is 11.4 Å². The van der Waals surface area contributed by atoms with Gasteiger partial charge in [0.2, 0.25) is 0 Å². The van der Waals surface area contributed by atoms with Gasteiger partial charge in [-0.15, -0.1) is 11.6 Å². The molecule has 1 aromatic carbocycles. The molecule has 0 amide bonds. The van der Waals surface area contributed by atoms with Gasteiger partial charge in [0.1, 0.15) is 0 Å². The molecule has 1 N–H and O–H groups in total. The number of halogens is 1. The zero-order valence-electron chi connectivity index (χ0n) is 12.7. The Balaban J connectivity index is 2.25. The van der Waals surface area contributed by atoms with E-state index in [1.807, 2.05) is 6.07 Å². The van der Waals surface area contributed by atoms with E-state index in [1.54, 1.807) is 38.5 Å². The van der Waals surface area contributed by atoms with Crippen molar-refractivity contribution in [2.75, 3.05) is 20.1 Å². The lowest BCUT2D eigenvalue weighted by atomic mass is 10.2. The normalized spacial score (nSPS) is 12.5. The monoisotopic (exact) mass is 340 g/mol. The van der Waals surface area contributed by atoms with Gasteiger partial charge in [-0.05, 0) is 23.8 Å². The smallest absolute Gasteiger partial charge is 0.441 e. The van der Waals surface area contributed by atoms with E-state index in [0.29, 0.717) is 11.5 Å². The molecule has 124 valence electrons. The molecule has 23 heavy (non-hydrogen) atoms. The minimum Gasteiger partial charge on any atom is -0.493 e. The third kappa shape index (κ3) is 4.14. The molecule has 0 aliphatic carbocycles. The van der Waals surface area contributed by atoms with E-state index in [4.69, 9.17) is 21.1 Å². The second-order valence-corrected chi connectivity index (χ2v) is 4.98. The molecule has 2 rings (SSSR count). The standard InChI is InChI=1S/C15H17ClN2O5/c1-21-12-5-3-10(7-13(12)22-2)4-6-14-17-23-15(20)18(14)9-11(19)8-16/h3-7,11,19H,8-9H2,1-2H3. The van der Waals surface area contributed by atoms with Gasteiger partial charge in [0.05, 0.1) is 32.7 Å². The average molecular weight is 341 g/mol. The molecule has 1 atom stereocenters. The van der Waals surface area contributed by atoms with Crippen LogP contribution in [0, 0.1) is 0 Å². The first-order chi connectivity index (χ1) is 11.1. The minimum absolute atomic E-state index is 0.0104. The second kappa shape index (κ2) is 7.85. The van der Waals surface area contributed by atoms with E-state index in [2.05, 4.69) is 9.68 Å². The number of aromatic nitrogens is 2. The van der Waals surface area contributed by atoms with E-state index in [9.17, 15) is 9.90 Å². The molecule has 0 fully saturated rings. The van der Waals surface area contributed by atoms with E-state index >= 15 is 0 Å². The maximum Gasteiger partial charge on any atom is 0.441 e. The molecule has 0 aliphatic heterocycles. The highest BCUT2D eigenvalue weighted by molar-refractivity contribution is 6.18. The summed E-state index contributed by atoms with van der Waals surface area (Å²) in [7, 11) is 3.11. The molecular formula is C15H17ClN2O5. The van der Waals surface area contributed by atoms with Crippen LogP contribution < -0.4 is 15.2 Å². The first kappa shape index (κ1) is 17.1. The summed E-state index contributed by atoms with van der Waals surface area (Å²) >= 11 is 5.55. The van der Waals surface area contributed by atoms with Crippen LogP contribution >= 0.6 is 11.6 Å². The van der Waals surface area contributed by atoms with Crippen LogP contribution in [-0.4, -0.2) is 41.0 Å². The van der Waals surface area contributed by atoms with Crippen molar-refractivity contribution in [1.29, 1.82) is 0 Å². The lowest BCUT2D eigenvalue weighted by Gasteiger charge is -2.08. The highest BCUT2D eigenvalue weighted by Gasteiger charge is 2.12. The van der Waals surface area contributed by atoms with Crippen LogP contribution in [0.15, 0.2) is 27.5 Å². The van der Waals surface area contributed by atoms with Crippen LogP contribution in [0.5, 0.6) is 11.5 Å². The molecular weight excluding hydrogens is 324 g/mol. The van der Waals surface area contributed by atoms with Gasteiger partial charge < -0.3 is 14.6 Å². The highest BCUT2D eigenvalue weighted by Crippen LogP contribution is 2.28. The SMILES string of the molecule is COc1ccc(C=Cc2noc(=O)n2CC(O)CCl)cc1OC. The Hall–Kier alpha value is -2.25. The van der Waals surface area contributed by atoms with Gasteiger partial charge in [-0.25, -0.2) is 4.79 Å². The molecule has 1 aromatic heterocycles. The quantitative estimate of drug-likeness (QED) is 0.771. The number of rotatable bonds is 7. The minimum atomic E-state index is -0.859. The van der Waals surface area contributed by atoms with Crippen LogP contribution in [0.3, 0.4) is 0 Å². The average Bonchev–Trinajstić information content (AvgIpc) is 2.92. The van der Waals surface area contributed by atoms with E-state index in [1.165, 1.54) is 4.57 Å². The van der Waals surface area contributed by atoms with Gasteiger partial charge in [-0.3, -0.25) is 9.09 Å². The van der Waals surface area contributed by atoms with E-state index in [-0.39, 0.29) is 18.2 Å². The number of nitrogens with zero attached hydrogens (tertiary/aromatic N) is 2. The summed E-state index contributed by atoms with van der Waals surface area (Å²) in [6, 6.07) is 5.38. The Morgan fingerprint density at radius 3 is 2.74 bits per heavy atom. The molecule has 2 aromatic rings. The van der Waals surface area contributed by atoms with Gasteiger partial charge in [-0.2, -0.15) is 0 Å². The molecule has 1 unspecified atom stereocenters. The van der Waals surface area contributed by atoms with Crippen molar-refractivity contribution in [3.05, 3.63) is 40.1 Å². The fourth-order valence-electron chi connectivity index (χ4n) is 1.95. The van der Waals surface area contributed by atoms with Gasteiger partial charge in [0.15, 0.2) is 17.3 Å². The van der Waals surface area contributed by atoms with Gasteiger partial charge in [-0.1, -0.05) is 17.3 Å². The number of hydrogen-bond donors (Lipinski definition) is 1. The summed E-state index contributed by atoms with van der Waals surface area (Å²) in [5, 5.41) is 13.2. The molecule has 0 radical (unpaired) electrons. The predicted octanol–water partition coefficient (Wildman–Crippen LogP) is 1.62. The fraction of sp³-hybridized carbons (Fsp3) is 0.333. The predicted molar refractivity (Wildman–Crippen MR) is 86.0 cm³/mol. The number of aliphatic hydroxyl groups is 1. The maximum absolute atomic E-state index is 11.6. The summed E-state index contributed by atoms with van der Waals surface area (Å²) in [5.74, 6) is 0.851. The molecule has 0 aliphatic rings. The third-order valence-electron chi connectivity index (χ3n) is 3.12. The number of benzene rings is 1. The van der Waals surface area contributed by atoms with Crippen molar-refractivity contribution in [3.63, 3.8) is 0 Å². The Labute approximate surface area is 137 Å². The van der Waals surface area contributed by atoms with Crippen LogP contribution in [0.25, 0.3) is 12.2 Å². The summed E-state index contributed by atoms with van der Waals surface area (Å²) < 4.78 is 16.2. The molecule has 0 spiro atoms. The number of aliphatic hydroxyl groups excluding tert-OH is 1. The van der Waals surface area contributed by atoms with Crippen molar-refractivity contribution in [2.45, 2.75) is 12.6 Å². The molecule has 1 heterocycles. The van der Waals surface area contributed by atoms with Crippen LogP contribution in [0.4, 0.5) is 0 Å². The fourth-order valence-corrected chi connectivity index (χ4v) is 2.05. The van der Waals surface area contributed by atoms with Crippen molar-refractivity contribution < 1.29 is 19.1 Å². The highest BCUT2D eigenvalue weighted by atomic mass is 35.5. The maximum atomic E-state index is 11.6.